The van der Waals surface area contributed by atoms with Gasteiger partial charge in [0.05, 0.1) is 24.0 Å². The van der Waals surface area contributed by atoms with Gasteiger partial charge < -0.3 is 0 Å². The summed E-state index contributed by atoms with van der Waals surface area (Å²) in [5, 5.41) is 12.1. The van der Waals surface area contributed by atoms with Gasteiger partial charge in [-0.25, -0.2) is 0 Å². The van der Waals surface area contributed by atoms with E-state index in [1.807, 2.05) is 0 Å². The first kappa shape index (κ1) is 12.7. The molecule has 0 heterocycles. The first-order chi connectivity index (χ1) is 7.57. The minimum Gasteiger partial charge on any atom is -0.268 e. The normalized spacial score (nSPS) is 19.0. The van der Waals surface area contributed by atoms with Crippen LogP contribution in [0.25, 0.3) is 0 Å². The van der Waals surface area contributed by atoms with E-state index in [4.69, 9.17) is 5.26 Å². The molecule has 0 unspecified atom stereocenters. The van der Waals surface area contributed by atoms with Gasteiger partial charge in [0.25, 0.3) is 0 Å². The van der Waals surface area contributed by atoms with E-state index < -0.39 is 10.1 Å². The van der Waals surface area contributed by atoms with Crippen molar-refractivity contribution in [2.45, 2.75) is 32.6 Å². The highest BCUT2D eigenvalue weighted by Gasteiger charge is 2.11. The van der Waals surface area contributed by atoms with Crippen molar-refractivity contribution in [2.75, 3.05) is 5.75 Å². The van der Waals surface area contributed by atoms with Crippen molar-refractivity contribution in [3.63, 3.8) is 0 Å². The van der Waals surface area contributed by atoms with Crippen molar-refractivity contribution in [1.82, 2.24) is 0 Å². The minimum atomic E-state index is -3.53. The van der Waals surface area contributed by atoms with E-state index in [1.54, 1.807) is 6.08 Å². The highest BCUT2D eigenvalue weighted by molar-refractivity contribution is 7.86. The van der Waals surface area contributed by atoms with Gasteiger partial charge in [-0.3, -0.25) is 4.28 Å². The van der Waals surface area contributed by atoms with Crippen LogP contribution in [0.5, 0.6) is 0 Å². The number of allylic oxidation sites excluding steroid dienone is 2. The molecule has 0 fully saturated rings. The molecule has 0 aromatic rings. The van der Waals surface area contributed by atoms with Crippen LogP contribution >= 0.6 is 0 Å². The van der Waals surface area contributed by atoms with Crippen LogP contribution in [0.1, 0.15) is 32.6 Å². The maximum absolute atomic E-state index is 11.0. The van der Waals surface area contributed by atoms with Gasteiger partial charge in [0.2, 0.25) is 0 Å². The molecule has 0 spiro atoms. The van der Waals surface area contributed by atoms with E-state index in [9.17, 15) is 8.42 Å². The van der Waals surface area contributed by atoms with E-state index >= 15 is 0 Å². The Morgan fingerprint density at radius 3 is 2.94 bits per heavy atom. The number of oxime groups is 1. The maximum Gasteiger partial charge on any atom is 0.328 e. The van der Waals surface area contributed by atoms with Gasteiger partial charge in [0.1, 0.15) is 0 Å². The first-order valence-corrected chi connectivity index (χ1v) is 6.69. The zero-order chi connectivity index (χ0) is 12.0. The van der Waals surface area contributed by atoms with E-state index in [0.717, 1.165) is 18.4 Å². The lowest BCUT2D eigenvalue weighted by molar-refractivity contribution is 0.338. The van der Waals surface area contributed by atoms with Crippen LogP contribution in [0.2, 0.25) is 0 Å². The number of nitrogens with zero attached hydrogens (tertiary/aromatic N) is 2. The zero-order valence-corrected chi connectivity index (χ0v) is 9.96. The van der Waals surface area contributed by atoms with Crippen molar-refractivity contribution in [3.8, 4) is 6.07 Å². The van der Waals surface area contributed by atoms with Gasteiger partial charge in [-0.1, -0.05) is 10.7 Å². The SMILES string of the molecule is CCS(=O)(=O)ON=C1C=C(CC#N)CCC1. The summed E-state index contributed by atoms with van der Waals surface area (Å²) in [7, 11) is -3.53. The number of nitriles is 1. The summed E-state index contributed by atoms with van der Waals surface area (Å²) in [5.41, 5.74) is 1.57. The van der Waals surface area contributed by atoms with E-state index in [-0.39, 0.29) is 5.75 Å². The molecule has 0 aromatic heterocycles. The predicted octanol–water partition coefficient (Wildman–Crippen LogP) is 1.73. The van der Waals surface area contributed by atoms with E-state index in [2.05, 4.69) is 15.5 Å². The molecule has 1 aliphatic carbocycles. The summed E-state index contributed by atoms with van der Waals surface area (Å²) < 4.78 is 26.6. The highest BCUT2D eigenvalue weighted by atomic mass is 32.2. The standard InChI is InChI=1S/C10H14N2O3S/c1-2-16(13,14)15-12-10-5-3-4-9(8-10)6-7-11/h8H,2-6H2,1H3. The molecule has 88 valence electrons. The molecule has 1 aliphatic rings. The Balaban J connectivity index is 2.71. The van der Waals surface area contributed by atoms with Crippen LogP contribution in [0.15, 0.2) is 16.8 Å². The van der Waals surface area contributed by atoms with Crippen LogP contribution in [0, 0.1) is 11.3 Å². The molecule has 0 saturated carbocycles. The minimum absolute atomic E-state index is 0.0987. The fraction of sp³-hybridized carbons (Fsp3) is 0.600. The van der Waals surface area contributed by atoms with Crippen LogP contribution in [-0.2, 0) is 14.4 Å². The lowest BCUT2D eigenvalue weighted by Crippen LogP contribution is -2.08. The second-order valence-electron chi connectivity index (χ2n) is 3.49. The topological polar surface area (TPSA) is 79.5 Å². The summed E-state index contributed by atoms with van der Waals surface area (Å²) in [5.74, 6) is -0.0987. The first-order valence-electron chi connectivity index (χ1n) is 5.12. The van der Waals surface area contributed by atoms with Crippen LogP contribution < -0.4 is 0 Å². The molecule has 0 amide bonds. The summed E-state index contributed by atoms with van der Waals surface area (Å²) in [6, 6.07) is 2.06. The van der Waals surface area contributed by atoms with E-state index in [1.165, 1.54) is 6.92 Å². The second kappa shape index (κ2) is 5.66. The fourth-order valence-electron chi connectivity index (χ4n) is 1.35. The number of hydrogen-bond acceptors (Lipinski definition) is 5. The van der Waals surface area contributed by atoms with Gasteiger partial charge in [0, 0.05) is 0 Å². The van der Waals surface area contributed by atoms with Crippen molar-refractivity contribution >= 4 is 15.8 Å². The van der Waals surface area contributed by atoms with Gasteiger partial charge in [-0.2, -0.15) is 13.7 Å². The predicted molar refractivity (Wildman–Crippen MR) is 60.1 cm³/mol. The van der Waals surface area contributed by atoms with Gasteiger partial charge in [0.15, 0.2) is 0 Å². The molecule has 6 heteroatoms. The van der Waals surface area contributed by atoms with Gasteiger partial charge in [-0.05, 0) is 32.3 Å². The summed E-state index contributed by atoms with van der Waals surface area (Å²) in [4.78, 5) is 0. The average molecular weight is 242 g/mol. The van der Waals surface area contributed by atoms with Gasteiger partial charge in [-0.15, -0.1) is 0 Å². The lowest BCUT2D eigenvalue weighted by atomic mass is 9.96. The second-order valence-corrected chi connectivity index (χ2v) is 5.34. The van der Waals surface area contributed by atoms with Crippen LogP contribution in [0.4, 0.5) is 0 Å². The number of hydrogen-bond donors (Lipinski definition) is 0. The number of rotatable bonds is 4. The summed E-state index contributed by atoms with van der Waals surface area (Å²) >= 11 is 0. The van der Waals surface area contributed by atoms with Crippen LogP contribution in [0.3, 0.4) is 0 Å². The van der Waals surface area contributed by atoms with Crippen LogP contribution in [-0.4, -0.2) is 19.9 Å². The fourth-order valence-corrected chi connectivity index (χ4v) is 1.66. The Labute approximate surface area is 95.5 Å². The molecule has 5 nitrogen and oxygen atoms in total. The molecule has 0 N–H and O–H groups in total. The van der Waals surface area contributed by atoms with Gasteiger partial charge >= 0.3 is 10.1 Å². The Morgan fingerprint density at radius 2 is 2.31 bits per heavy atom. The van der Waals surface area contributed by atoms with Crippen molar-refractivity contribution < 1.29 is 12.7 Å². The maximum atomic E-state index is 11.0. The smallest absolute Gasteiger partial charge is 0.268 e. The Kier molecular flexibility index (Phi) is 4.50. The molecule has 16 heavy (non-hydrogen) atoms. The van der Waals surface area contributed by atoms with E-state index in [0.29, 0.717) is 18.6 Å². The third kappa shape index (κ3) is 4.03. The summed E-state index contributed by atoms with van der Waals surface area (Å²) in [6.45, 7) is 1.49. The molecular weight excluding hydrogens is 228 g/mol. The lowest BCUT2D eigenvalue weighted by Gasteiger charge is -2.11. The molecule has 0 radical (unpaired) electrons. The quantitative estimate of drug-likeness (QED) is 0.703. The monoisotopic (exact) mass is 242 g/mol. The molecular formula is C10H14N2O3S. The largest absolute Gasteiger partial charge is 0.328 e. The molecule has 0 saturated heterocycles. The molecule has 0 aliphatic heterocycles. The molecule has 1 rings (SSSR count). The van der Waals surface area contributed by atoms with Crippen molar-refractivity contribution in [3.05, 3.63) is 11.6 Å². The molecule has 0 bridgehead atoms. The molecule has 0 aromatic carbocycles. The average Bonchev–Trinajstić information content (AvgIpc) is 2.28. The Hall–Kier alpha value is -1.35. The zero-order valence-electron chi connectivity index (χ0n) is 9.14. The Bertz CT molecular complexity index is 443. The third-order valence-corrected chi connectivity index (χ3v) is 3.24. The Morgan fingerprint density at radius 1 is 1.56 bits per heavy atom. The summed E-state index contributed by atoms with van der Waals surface area (Å²) in [6.07, 6.45) is 4.54. The highest BCUT2D eigenvalue weighted by Crippen LogP contribution is 2.18. The third-order valence-electron chi connectivity index (χ3n) is 2.23. The molecule has 0 atom stereocenters. The van der Waals surface area contributed by atoms with Crippen molar-refractivity contribution in [2.24, 2.45) is 5.16 Å². The van der Waals surface area contributed by atoms with Crippen molar-refractivity contribution in [1.29, 1.82) is 5.26 Å².